The molecule has 1 N–H and O–H groups in total. The summed E-state index contributed by atoms with van der Waals surface area (Å²) < 4.78 is 0. The molecule has 1 unspecified atom stereocenters. The standard InChI is InChI=1S/C21H26ClN3O2S2/c22-17-8-6-16(7-9-17)5-3-1-2-4-10-23-18(26)14-25-20(27)13-21(25)29-15-19-24-11-12-28-19/h6-9,11-12,21H,1-5,10,13-15H2,(H,23,26). The monoisotopic (exact) mass is 451 g/mol. The van der Waals surface area contributed by atoms with Crippen molar-refractivity contribution in [2.75, 3.05) is 13.1 Å². The number of nitrogens with zero attached hydrogens (tertiary/aromatic N) is 2. The van der Waals surface area contributed by atoms with Crippen LogP contribution in [-0.2, 0) is 21.8 Å². The first-order chi connectivity index (χ1) is 14.1. The second kappa shape index (κ2) is 11.6. The molecular weight excluding hydrogens is 426 g/mol. The van der Waals surface area contributed by atoms with E-state index >= 15 is 0 Å². The minimum absolute atomic E-state index is 0.0546. The van der Waals surface area contributed by atoms with E-state index in [9.17, 15) is 9.59 Å². The molecule has 2 heterocycles. The van der Waals surface area contributed by atoms with E-state index in [1.54, 1.807) is 34.2 Å². The molecule has 1 fully saturated rings. The lowest BCUT2D eigenvalue weighted by Gasteiger charge is -2.39. The van der Waals surface area contributed by atoms with Gasteiger partial charge >= 0.3 is 0 Å². The van der Waals surface area contributed by atoms with Crippen LogP contribution in [0.4, 0.5) is 0 Å². The van der Waals surface area contributed by atoms with Crippen LogP contribution in [-0.4, -0.2) is 40.2 Å². The van der Waals surface area contributed by atoms with E-state index in [0.29, 0.717) is 13.0 Å². The summed E-state index contributed by atoms with van der Waals surface area (Å²) in [6, 6.07) is 8.00. The van der Waals surface area contributed by atoms with Crippen molar-refractivity contribution in [3.8, 4) is 0 Å². The maximum atomic E-state index is 12.1. The number of nitrogens with one attached hydrogen (secondary N) is 1. The lowest BCUT2D eigenvalue weighted by atomic mass is 10.1. The lowest BCUT2D eigenvalue weighted by Crippen LogP contribution is -2.54. The van der Waals surface area contributed by atoms with Crippen molar-refractivity contribution >= 4 is 46.5 Å². The predicted octanol–water partition coefficient (Wildman–Crippen LogP) is 4.51. The Hall–Kier alpha value is -1.57. The smallest absolute Gasteiger partial charge is 0.239 e. The number of rotatable bonds is 12. The number of carbonyl (C=O) groups excluding carboxylic acids is 2. The Morgan fingerprint density at radius 1 is 1.24 bits per heavy atom. The summed E-state index contributed by atoms with van der Waals surface area (Å²) in [6.07, 6.45) is 7.67. The molecule has 156 valence electrons. The van der Waals surface area contributed by atoms with Crippen molar-refractivity contribution in [2.45, 2.75) is 49.7 Å². The van der Waals surface area contributed by atoms with Gasteiger partial charge in [0.1, 0.15) is 11.6 Å². The van der Waals surface area contributed by atoms with Crippen molar-refractivity contribution < 1.29 is 9.59 Å². The van der Waals surface area contributed by atoms with E-state index in [1.165, 1.54) is 5.56 Å². The highest BCUT2D eigenvalue weighted by molar-refractivity contribution is 7.99. The van der Waals surface area contributed by atoms with Crippen molar-refractivity contribution in [3.63, 3.8) is 0 Å². The SMILES string of the molecule is O=C(CN1C(=O)CC1SCc1nccs1)NCCCCCCc1ccc(Cl)cc1. The first kappa shape index (κ1) is 22.1. The summed E-state index contributed by atoms with van der Waals surface area (Å²) in [5, 5.41) is 6.80. The molecule has 5 nitrogen and oxygen atoms in total. The summed E-state index contributed by atoms with van der Waals surface area (Å²) in [7, 11) is 0. The molecule has 3 rings (SSSR count). The number of thiazole rings is 1. The van der Waals surface area contributed by atoms with Crippen LogP contribution >= 0.6 is 34.7 Å². The first-order valence-electron chi connectivity index (χ1n) is 9.92. The van der Waals surface area contributed by atoms with Gasteiger partial charge in [-0.1, -0.05) is 36.6 Å². The topological polar surface area (TPSA) is 62.3 Å². The molecule has 1 aliphatic heterocycles. The van der Waals surface area contributed by atoms with Gasteiger partial charge in [0.15, 0.2) is 0 Å². The molecule has 0 bridgehead atoms. The predicted molar refractivity (Wildman–Crippen MR) is 120 cm³/mol. The fourth-order valence-electron chi connectivity index (χ4n) is 3.15. The number of hydrogen-bond donors (Lipinski definition) is 1. The summed E-state index contributed by atoms with van der Waals surface area (Å²) in [5.41, 5.74) is 1.31. The number of halogens is 1. The molecule has 1 atom stereocenters. The molecule has 8 heteroatoms. The number of thioether (sulfide) groups is 1. The summed E-state index contributed by atoms with van der Waals surface area (Å²) in [6.45, 7) is 0.823. The molecule has 1 aromatic heterocycles. The number of amides is 2. The molecule has 0 radical (unpaired) electrons. The maximum absolute atomic E-state index is 12.1. The van der Waals surface area contributed by atoms with E-state index in [1.807, 2.05) is 17.5 Å². The number of benzene rings is 1. The van der Waals surface area contributed by atoms with Crippen LogP contribution in [0.25, 0.3) is 0 Å². The van der Waals surface area contributed by atoms with Gasteiger partial charge in [-0.15, -0.1) is 23.1 Å². The first-order valence-corrected chi connectivity index (χ1v) is 12.2. The second-order valence-electron chi connectivity index (χ2n) is 7.06. The molecule has 1 saturated heterocycles. The zero-order valence-corrected chi connectivity index (χ0v) is 18.7. The van der Waals surface area contributed by atoms with Crippen molar-refractivity contribution in [1.82, 2.24) is 15.2 Å². The number of β-lactam (4-membered cyclic amide) rings is 1. The van der Waals surface area contributed by atoms with Gasteiger partial charge in [-0.05, 0) is 37.0 Å². The summed E-state index contributed by atoms with van der Waals surface area (Å²) in [4.78, 5) is 29.9. The van der Waals surface area contributed by atoms with Crippen molar-refractivity contribution in [3.05, 3.63) is 51.4 Å². The third kappa shape index (κ3) is 7.32. The molecule has 2 amide bonds. The van der Waals surface area contributed by atoms with Crippen LogP contribution in [0.2, 0.25) is 5.02 Å². The number of likely N-dealkylation sites (tertiary alicyclic amines) is 1. The van der Waals surface area contributed by atoms with E-state index in [0.717, 1.165) is 47.9 Å². The average Bonchev–Trinajstić information content (AvgIpc) is 3.23. The van der Waals surface area contributed by atoms with E-state index < -0.39 is 0 Å². The third-order valence-corrected chi connectivity index (χ3v) is 7.30. The molecule has 0 saturated carbocycles. The number of unbranched alkanes of at least 4 members (excludes halogenated alkanes) is 3. The lowest BCUT2D eigenvalue weighted by molar-refractivity contribution is -0.145. The molecular formula is C21H26ClN3O2S2. The van der Waals surface area contributed by atoms with Crippen molar-refractivity contribution in [1.29, 1.82) is 0 Å². The number of carbonyl (C=O) groups is 2. The van der Waals surface area contributed by atoms with Gasteiger partial charge in [-0.2, -0.15) is 0 Å². The number of aromatic nitrogens is 1. The van der Waals surface area contributed by atoms with Gasteiger partial charge in [0.05, 0.1) is 11.8 Å². The third-order valence-electron chi connectivity index (χ3n) is 4.84. The highest BCUT2D eigenvalue weighted by atomic mass is 35.5. The molecule has 0 aliphatic carbocycles. The van der Waals surface area contributed by atoms with Gasteiger partial charge in [-0.3, -0.25) is 9.59 Å². The quantitative estimate of drug-likeness (QED) is 0.381. The van der Waals surface area contributed by atoms with Gasteiger partial charge in [0, 0.05) is 28.9 Å². The van der Waals surface area contributed by atoms with Crippen molar-refractivity contribution in [2.24, 2.45) is 0 Å². The second-order valence-corrected chi connectivity index (χ2v) is 9.64. The minimum atomic E-state index is -0.0703. The van der Waals surface area contributed by atoms with E-state index in [-0.39, 0.29) is 23.7 Å². The van der Waals surface area contributed by atoms with Crippen LogP contribution < -0.4 is 5.32 Å². The van der Waals surface area contributed by atoms with Gasteiger partial charge in [0.25, 0.3) is 0 Å². The fraction of sp³-hybridized carbons (Fsp3) is 0.476. The molecule has 1 aliphatic rings. The maximum Gasteiger partial charge on any atom is 0.239 e. The highest BCUT2D eigenvalue weighted by Gasteiger charge is 2.37. The largest absolute Gasteiger partial charge is 0.355 e. The fourth-order valence-corrected chi connectivity index (χ4v) is 5.20. The van der Waals surface area contributed by atoms with Crippen LogP contribution in [0, 0.1) is 0 Å². The molecule has 0 spiro atoms. The van der Waals surface area contributed by atoms with E-state index in [2.05, 4.69) is 22.4 Å². The molecule has 29 heavy (non-hydrogen) atoms. The van der Waals surface area contributed by atoms with Gasteiger partial charge in [-0.25, -0.2) is 4.98 Å². The Morgan fingerprint density at radius 2 is 2.03 bits per heavy atom. The highest BCUT2D eigenvalue weighted by Crippen LogP contribution is 2.31. The van der Waals surface area contributed by atoms with Crippen LogP contribution in [0.5, 0.6) is 0 Å². The Kier molecular flexibility index (Phi) is 8.83. The normalized spacial score (nSPS) is 16.0. The molecule has 2 aromatic rings. The van der Waals surface area contributed by atoms with E-state index in [4.69, 9.17) is 11.6 Å². The van der Waals surface area contributed by atoms with Gasteiger partial charge < -0.3 is 10.2 Å². The average molecular weight is 452 g/mol. The Bertz CT molecular complexity index is 784. The Morgan fingerprint density at radius 3 is 2.76 bits per heavy atom. The van der Waals surface area contributed by atoms with Crippen LogP contribution in [0.1, 0.15) is 42.7 Å². The Labute approximate surface area is 185 Å². The summed E-state index contributed by atoms with van der Waals surface area (Å²) >= 11 is 9.18. The number of aryl methyl sites for hydroxylation is 1. The zero-order valence-electron chi connectivity index (χ0n) is 16.3. The minimum Gasteiger partial charge on any atom is -0.355 e. The van der Waals surface area contributed by atoms with Crippen LogP contribution in [0.15, 0.2) is 35.8 Å². The molecule has 1 aromatic carbocycles. The number of hydrogen-bond acceptors (Lipinski definition) is 5. The van der Waals surface area contributed by atoms with Gasteiger partial charge in [0.2, 0.25) is 11.8 Å². The summed E-state index contributed by atoms with van der Waals surface area (Å²) in [5.74, 6) is 0.766. The Balaban J connectivity index is 1.23. The zero-order chi connectivity index (χ0) is 20.5. The van der Waals surface area contributed by atoms with Crippen LogP contribution in [0.3, 0.4) is 0 Å².